The van der Waals surface area contributed by atoms with Gasteiger partial charge in [0.25, 0.3) is 5.60 Å². The zero-order valence-electron chi connectivity index (χ0n) is 9.09. The molecule has 0 radical (unpaired) electrons. The van der Waals surface area contributed by atoms with Crippen LogP contribution in [0.25, 0.3) is 0 Å². The van der Waals surface area contributed by atoms with Crippen LogP contribution in [0.3, 0.4) is 0 Å². The van der Waals surface area contributed by atoms with E-state index in [1.807, 2.05) is 0 Å². The van der Waals surface area contributed by atoms with Crippen molar-refractivity contribution >= 4 is 0 Å². The number of aliphatic hydroxyl groups excluding tert-OH is 1. The lowest BCUT2D eigenvalue weighted by Crippen LogP contribution is -2.65. The molecule has 0 amide bonds. The minimum absolute atomic E-state index is 0.111. The molecule has 2 N–H and O–H groups in total. The second-order valence-corrected chi connectivity index (χ2v) is 5.11. The molecule has 0 spiro atoms. The fraction of sp³-hybridized carbons (Fsp3) is 1.00. The molecule has 2 nitrogen and oxygen atoms in total. The minimum Gasteiger partial charge on any atom is -0.392 e. The highest BCUT2D eigenvalue weighted by molar-refractivity contribution is 5.10. The van der Waals surface area contributed by atoms with Gasteiger partial charge in [-0.2, -0.15) is 26.3 Å². The molecule has 4 unspecified atom stereocenters. The number of fused-ring (bicyclic) bond motifs is 2. The highest BCUT2D eigenvalue weighted by Gasteiger charge is 2.77. The average molecular weight is 278 g/mol. The molecule has 0 saturated heterocycles. The molecular formula is C10H12F6O2. The van der Waals surface area contributed by atoms with Crippen molar-refractivity contribution in [3.05, 3.63) is 0 Å². The molecule has 106 valence electrons. The van der Waals surface area contributed by atoms with Crippen LogP contribution in [0, 0.1) is 17.8 Å². The van der Waals surface area contributed by atoms with Crippen molar-refractivity contribution in [2.75, 3.05) is 0 Å². The third-order valence-electron chi connectivity index (χ3n) is 4.22. The van der Waals surface area contributed by atoms with Crippen LogP contribution in [0.15, 0.2) is 0 Å². The molecule has 2 aliphatic rings. The van der Waals surface area contributed by atoms with Gasteiger partial charge >= 0.3 is 12.4 Å². The maximum atomic E-state index is 12.7. The lowest BCUT2D eigenvalue weighted by Gasteiger charge is -2.42. The van der Waals surface area contributed by atoms with E-state index in [9.17, 15) is 36.6 Å². The van der Waals surface area contributed by atoms with E-state index < -0.39 is 41.8 Å². The molecule has 2 saturated carbocycles. The zero-order valence-corrected chi connectivity index (χ0v) is 9.09. The van der Waals surface area contributed by atoms with Gasteiger partial charge < -0.3 is 10.2 Å². The Morgan fingerprint density at radius 2 is 1.28 bits per heavy atom. The number of alkyl halides is 6. The molecule has 0 heterocycles. The number of aliphatic hydroxyl groups is 2. The lowest BCUT2D eigenvalue weighted by molar-refractivity contribution is -0.394. The molecule has 2 rings (SSSR count). The first-order chi connectivity index (χ1) is 8.00. The molecule has 0 aromatic carbocycles. The largest absolute Gasteiger partial charge is 0.426 e. The predicted molar refractivity (Wildman–Crippen MR) is 47.4 cm³/mol. The van der Waals surface area contributed by atoms with Crippen molar-refractivity contribution in [1.29, 1.82) is 0 Å². The topological polar surface area (TPSA) is 40.5 Å². The van der Waals surface area contributed by atoms with Gasteiger partial charge in [-0.25, -0.2) is 0 Å². The summed E-state index contributed by atoms with van der Waals surface area (Å²) >= 11 is 0. The van der Waals surface area contributed by atoms with Crippen molar-refractivity contribution in [3.8, 4) is 0 Å². The van der Waals surface area contributed by atoms with Crippen molar-refractivity contribution < 1.29 is 36.6 Å². The summed E-state index contributed by atoms with van der Waals surface area (Å²) in [6.45, 7) is 0. The van der Waals surface area contributed by atoms with Crippen LogP contribution >= 0.6 is 0 Å². The third-order valence-corrected chi connectivity index (χ3v) is 4.22. The van der Waals surface area contributed by atoms with Crippen molar-refractivity contribution in [3.63, 3.8) is 0 Å². The maximum Gasteiger partial charge on any atom is 0.426 e. The second-order valence-electron chi connectivity index (χ2n) is 5.11. The molecule has 18 heavy (non-hydrogen) atoms. The van der Waals surface area contributed by atoms with Crippen LogP contribution < -0.4 is 0 Å². The minimum atomic E-state index is -5.85. The first-order valence-corrected chi connectivity index (χ1v) is 5.54. The summed E-state index contributed by atoms with van der Waals surface area (Å²) in [6, 6.07) is 0. The van der Waals surface area contributed by atoms with Gasteiger partial charge in [-0.15, -0.1) is 0 Å². The molecule has 4 atom stereocenters. The average Bonchev–Trinajstić information content (AvgIpc) is 2.73. The summed E-state index contributed by atoms with van der Waals surface area (Å²) in [6.07, 6.45) is -12.7. The summed E-state index contributed by atoms with van der Waals surface area (Å²) in [4.78, 5) is 0. The molecule has 8 heteroatoms. The first-order valence-electron chi connectivity index (χ1n) is 5.54. The number of halogens is 6. The fourth-order valence-electron chi connectivity index (χ4n) is 3.39. The van der Waals surface area contributed by atoms with E-state index in [-0.39, 0.29) is 12.8 Å². The molecule has 0 aromatic rings. The molecule has 2 aliphatic carbocycles. The lowest BCUT2D eigenvalue weighted by atomic mass is 9.73. The fourth-order valence-corrected chi connectivity index (χ4v) is 3.39. The Hall–Kier alpha value is -0.500. The van der Waals surface area contributed by atoms with E-state index in [4.69, 9.17) is 0 Å². The van der Waals surface area contributed by atoms with Gasteiger partial charge in [0.2, 0.25) is 0 Å². The Labute approximate surface area is 98.6 Å². The number of rotatable bonds is 1. The van der Waals surface area contributed by atoms with Crippen LogP contribution in [0.5, 0.6) is 0 Å². The quantitative estimate of drug-likeness (QED) is 0.722. The van der Waals surface area contributed by atoms with E-state index >= 15 is 0 Å². The predicted octanol–water partition coefficient (Wildman–Crippen LogP) is 2.25. The highest BCUT2D eigenvalue weighted by Crippen LogP contribution is 2.59. The van der Waals surface area contributed by atoms with Gasteiger partial charge in [-0.1, -0.05) is 0 Å². The number of hydrogen-bond acceptors (Lipinski definition) is 2. The normalized spacial score (nSPS) is 37.3. The Balaban J connectivity index is 2.43. The van der Waals surface area contributed by atoms with Gasteiger partial charge in [-0.3, -0.25) is 0 Å². The number of hydrogen-bond donors (Lipinski definition) is 2. The summed E-state index contributed by atoms with van der Waals surface area (Å²) < 4.78 is 76.0. The van der Waals surface area contributed by atoms with E-state index in [0.717, 1.165) is 0 Å². The standard InChI is InChI=1S/C10H12F6O2/c11-9(12,13)8(18,10(14,15)16)6-4-1-2-5(3-4)7(6)17/h4-7,17-18H,1-3H2. The monoisotopic (exact) mass is 278 g/mol. The third kappa shape index (κ3) is 1.65. The second kappa shape index (κ2) is 3.75. The summed E-state index contributed by atoms with van der Waals surface area (Å²) in [7, 11) is 0. The van der Waals surface area contributed by atoms with Crippen LogP contribution in [0.4, 0.5) is 26.3 Å². The summed E-state index contributed by atoms with van der Waals surface area (Å²) in [5.74, 6) is -3.72. The van der Waals surface area contributed by atoms with E-state index in [0.29, 0.717) is 6.42 Å². The highest BCUT2D eigenvalue weighted by atomic mass is 19.4. The molecule has 2 fully saturated rings. The smallest absolute Gasteiger partial charge is 0.392 e. The summed E-state index contributed by atoms with van der Waals surface area (Å²) in [5.41, 5.74) is -4.82. The van der Waals surface area contributed by atoms with Crippen molar-refractivity contribution in [2.45, 2.75) is 43.3 Å². The Kier molecular flexibility index (Phi) is 2.90. The van der Waals surface area contributed by atoms with Crippen LogP contribution in [0.1, 0.15) is 19.3 Å². The van der Waals surface area contributed by atoms with Gasteiger partial charge in [0.05, 0.1) is 6.10 Å². The zero-order chi connectivity index (χ0) is 13.9. The SMILES string of the molecule is OC1C2CCC(C2)C1C(O)(C(F)(F)F)C(F)(F)F. The van der Waals surface area contributed by atoms with Gasteiger partial charge in [0, 0.05) is 5.92 Å². The van der Waals surface area contributed by atoms with E-state index in [2.05, 4.69) is 0 Å². The van der Waals surface area contributed by atoms with Crippen LogP contribution in [-0.4, -0.2) is 34.3 Å². The van der Waals surface area contributed by atoms with Gasteiger partial charge in [0.1, 0.15) is 0 Å². The first kappa shape index (κ1) is 13.9. The molecule has 0 aliphatic heterocycles. The summed E-state index contributed by atoms with van der Waals surface area (Å²) in [5, 5.41) is 18.8. The molecule has 0 aromatic heterocycles. The maximum absolute atomic E-state index is 12.7. The Morgan fingerprint density at radius 3 is 1.61 bits per heavy atom. The van der Waals surface area contributed by atoms with Crippen LogP contribution in [0.2, 0.25) is 0 Å². The van der Waals surface area contributed by atoms with Crippen molar-refractivity contribution in [1.82, 2.24) is 0 Å². The van der Waals surface area contributed by atoms with E-state index in [1.165, 1.54) is 0 Å². The Bertz CT molecular complexity index is 320. The molecular weight excluding hydrogens is 266 g/mol. The van der Waals surface area contributed by atoms with E-state index in [1.54, 1.807) is 0 Å². The molecule has 2 bridgehead atoms. The van der Waals surface area contributed by atoms with Gasteiger partial charge in [0.15, 0.2) is 0 Å². The van der Waals surface area contributed by atoms with Crippen molar-refractivity contribution in [2.24, 2.45) is 17.8 Å². The Morgan fingerprint density at radius 1 is 0.833 bits per heavy atom. The van der Waals surface area contributed by atoms with Crippen LogP contribution in [-0.2, 0) is 0 Å². The van der Waals surface area contributed by atoms with Gasteiger partial charge in [-0.05, 0) is 31.1 Å².